The summed E-state index contributed by atoms with van der Waals surface area (Å²) < 4.78 is 11.0. The fourth-order valence-corrected chi connectivity index (χ4v) is 2.51. The van der Waals surface area contributed by atoms with E-state index in [0.29, 0.717) is 24.2 Å². The summed E-state index contributed by atoms with van der Waals surface area (Å²) in [5, 5.41) is 0. The molecule has 0 aromatic carbocycles. The van der Waals surface area contributed by atoms with Crippen molar-refractivity contribution < 1.29 is 14.3 Å². The second-order valence-electron chi connectivity index (χ2n) is 6.02. The molecule has 1 fully saturated rings. The van der Waals surface area contributed by atoms with Gasteiger partial charge in [0.05, 0.1) is 19.1 Å². The van der Waals surface area contributed by atoms with Crippen molar-refractivity contribution in [2.75, 3.05) is 26.1 Å². The minimum atomic E-state index is -0.562. The van der Waals surface area contributed by atoms with Crippen molar-refractivity contribution in [2.24, 2.45) is 5.41 Å². The lowest BCUT2D eigenvalue weighted by Crippen LogP contribution is -2.49. The predicted molar refractivity (Wildman–Crippen MR) is 83.3 cm³/mol. The molecule has 22 heavy (non-hydrogen) atoms. The Balaban J connectivity index is 2.03. The van der Waals surface area contributed by atoms with Crippen LogP contribution in [0, 0.1) is 5.41 Å². The molecule has 0 radical (unpaired) electrons. The van der Waals surface area contributed by atoms with Gasteiger partial charge in [0.15, 0.2) is 0 Å². The zero-order chi connectivity index (χ0) is 16.2. The predicted octanol–water partition coefficient (Wildman–Crippen LogP) is 2.12. The van der Waals surface area contributed by atoms with Crippen molar-refractivity contribution in [1.82, 2.24) is 14.9 Å². The fourth-order valence-electron chi connectivity index (χ4n) is 2.40. The number of aromatic nitrogens is 2. The monoisotopic (exact) mass is 327 g/mol. The zero-order valence-corrected chi connectivity index (χ0v) is 14.0. The third kappa shape index (κ3) is 3.80. The molecule has 0 N–H and O–H groups in total. The van der Waals surface area contributed by atoms with Gasteiger partial charge >= 0.3 is 0 Å². The van der Waals surface area contributed by atoms with Gasteiger partial charge in [-0.25, -0.2) is 9.97 Å². The number of halogens is 1. The summed E-state index contributed by atoms with van der Waals surface area (Å²) in [4.78, 5) is 22.5. The van der Waals surface area contributed by atoms with Crippen LogP contribution in [0.15, 0.2) is 12.4 Å². The summed E-state index contributed by atoms with van der Waals surface area (Å²) >= 11 is 5.90. The van der Waals surface area contributed by atoms with Crippen molar-refractivity contribution in [2.45, 2.75) is 32.8 Å². The van der Waals surface area contributed by atoms with Crippen molar-refractivity contribution in [3.63, 3.8) is 0 Å². The molecule has 1 aromatic rings. The van der Waals surface area contributed by atoms with E-state index in [1.807, 2.05) is 18.7 Å². The molecule has 0 bridgehead atoms. The molecule has 6 nitrogen and oxygen atoms in total. The molecule has 7 heteroatoms. The van der Waals surface area contributed by atoms with Gasteiger partial charge in [-0.1, -0.05) is 0 Å². The standard InChI is InChI=1S/C15H22ClN3O3/c1-15(2,10-16)14(20)19-8-4-5-11(9-19)22-13-12(21-3)17-6-7-18-13/h6-7,11H,4-5,8-10H2,1-3H3. The first kappa shape index (κ1) is 16.8. The third-order valence-corrected chi connectivity index (χ3v) is 4.35. The van der Waals surface area contributed by atoms with Gasteiger partial charge in [0.1, 0.15) is 6.10 Å². The average molecular weight is 328 g/mol. The van der Waals surface area contributed by atoms with E-state index in [4.69, 9.17) is 21.1 Å². The number of alkyl halides is 1. The van der Waals surface area contributed by atoms with Crippen LogP contribution in [-0.2, 0) is 4.79 Å². The third-order valence-electron chi connectivity index (χ3n) is 3.68. The number of rotatable bonds is 5. The van der Waals surface area contributed by atoms with E-state index in [-0.39, 0.29) is 12.0 Å². The number of hydrogen-bond donors (Lipinski definition) is 0. The maximum Gasteiger partial charge on any atom is 0.278 e. The molecule has 0 saturated carbocycles. The lowest BCUT2D eigenvalue weighted by Gasteiger charge is -2.36. The van der Waals surface area contributed by atoms with Crippen LogP contribution < -0.4 is 9.47 Å². The Labute approximate surface area is 135 Å². The number of ether oxygens (including phenoxy) is 2. The highest BCUT2D eigenvalue weighted by atomic mass is 35.5. The van der Waals surface area contributed by atoms with E-state index < -0.39 is 5.41 Å². The van der Waals surface area contributed by atoms with E-state index in [2.05, 4.69) is 9.97 Å². The fraction of sp³-hybridized carbons (Fsp3) is 0.667. The van der Waals surface area contributed by atoms with E-state index in [9.17, 15) is 4.79 Å². The van der Waals surface area contributed by atoms with Crippen molar-refractivity contribution in [3.8, 4) is 11.8 Å². The highest BCUT2D eigenvalue weighted by molar-refractivity contribution is 6.19. The minimum absolute atomic E-state index is 0.0573. The number of carbonyl (C=O) groups is 1. The smallest absolute Gasteiger partial charge is 0.278 e. The molecule has 2 heterocycles. The number of nitrogens with zero attached hydrogens (tertiary/aromatic N) is 3. The van der Waals surface area contributed by atoms with Gasteiger partial charge in [0, 0.05) is 24.8 Å². The van der Waals surface area contributed by atoms with Gasteiger partial charge in [-0.3, -0.25) is 4.79 Å². The summed E-state index contributed by atoms with van der Waals surface area (Å²) in [6.45, 7) is 4.98. The van der Waals surface area contributed by atoms with E-state index >= 15 is 0 Å². The minimum Gasteiger partial charge on any atom is -0.477 e. The molecular weight excluding hydrogens is 306 g/mol. The lowest BCUT2D eigenvalue weighted by atomic mass is 9.93. The molecule has 1 aliphatic rings. The number of likely N-dealkylation sites (tertiary alicyclic amines) is 1. The van der Waals surface area contributed by atoms with Crippen LogP contribution in [0.5, 0.6) is 11.8 Å². The molecule has 1 atom stereocenters. The average Bonchev–Trinajstić information content (AvgIpc) is 2.55. The molecule has 1 unspecified atom stereocenters. The van der Waals surface area contributed by atoms with Gasteiger partial charge in [-0.2, -0.15) is 0 Å². The van der Waals surface area contributed by atoms with Crippen LogP contribution in [0.25, 0.3) is 0 Å². The van der Waals surface area contributed by atoms with Gasteiger partial charge in [0.25, 0.3) is 11.8 Å². The highest BCUT2D eigenvalue weighted by Crippen LogP contribution is 2.26. The molecule has 122 valence electrons. The number of hydrogen-bond acceptors (Lipinski definition) is 5. The van der Waals surface area contributed by atoms with Gasteiger partial charge < -0.3 is 14.4 Å². The first-order valence-electron chi connectivity index (χ1n) is 7.35. The van der Waals surface area contributed by atoms with Crippen LogP contribution >= 0.6 is 11.6 Å². The highest BCUT2D eigenvalue weighted by Gasteiger charge is 2.34. The van der Waals surface area contributed by atoms with Crippen molar-refractivity contribution >= 4 is 17.5 Å². The van der Waals surface area contributed by atoms with Crippen LogP contribution in [-0.4, -0.2) is 53.0 Å². The quantitative estimate of drug-likeness (QED) is 0.775. The van der Waals surface area contributed by atoms with E-state index in [1.165, 1.54) is 7.11 Å². The molecule has 1 saturated heterocycles. The summed E-state index contributed by atoms with van der Waals surface area (Å²) in [5.74, 6) is 1.07. The second kappa shape index (κ2) is 7.13. The first-order chi connectivity index (χ1) is 10.5. The normalized spacial score (nSPS) is 18.9. The number of amides is 1. The lowest BCUT2D eigenvalue weighted by molar-refractivity contribution is -0.142. The van der Waals surface area contributed by atoms with E-state index in [1.54, 1.807) is 12.4 Å². The second-order valence-corrected chi connectivity index (χ2v) is 6.29. The molecule has 0 spiro atoms. The Bertz CT molecular complexity index is 525. The topological polar surface area (TPSA) is 64.6 Å². The van der Waals surface area contributed by atoms with Gasteiger partial charge in [-0.05, 0) is 26.7 Å². The number of piperidine rings is 1. The van der Waals surface area contributed by atoms with Crippen LogP contribution in [0.2, 0.25) is 0 Å². The van der Waals surface area contributed by atoms with Crippen LogP contribution in [0.1, 0.15) is 26.7 Å². The molecular formula is C15H22ClN3O3. The summed E-state index contributed by atoms with van der Waals surface area (Å²) in [7, 11) is 1.52. The Morgan fingerprint density at radius 2 is 2.09 bits per heavy atom. The molecule has 1 amide bonds. The van der Waals surface area contributed by atoms with Crippen LogP contribution in [0.3, 0.4) is 0 Å². The SMILES string of the molecule is COc1nccnc1OC1CCCN(C(=O)C(C)(C)CCl)C1. The maximum absolute atomic E-state index is 12.5. The summed E-state index contributed by atoms with van der Waals surface area (Å²) in [5.41, 5.74) is -0.562. The van der Waals surface area contributed by atoms with E-state index in [0.717, 1.165) is 19.4 Å². The Morgan fingerprint density at radius 1 is 1.41 bits per heavy atom. The van der Waals surface area contributed by atoms with Crippen molar-refractivity contribution in [3.05, 3.63) is 12.4 Å². The zero-order valence-electron chi connectivity index (χ0n) is 13.2. The van der Waals surface area contributed by atoms with Gasteiger partial charge in [0.2, 0.25) is 5.91 Å². The largest absolute Gasteiger partial charge is 0.477 e. The Kier molecular flexibility index (Phi) is 5.45. The maximum atomic E-state index is 12.5. The number of carbonyl (C=O) groups excluding carboxylic acids is 1. The first-order valence-corrected chi connectivity index (χ1v) is 7.88. The number of methoxy groups -OCH3 is 1. The molecule has 0 aliphatic carbocycles. The Morgan fingerprint density at radius 3 is 2.73 bits per heavy atom. The van der Waals surface area contributed by atoms with Gasteiger partial charge in [-0.15, -0.1) is 11.6 Å². The molecule has 1 aromatic heterocycles. The summed E-state index contributed by atoms with van der Waals surface area (Å²) in [6, 6.07) is 0. The van der Waals surface area contributed by atoms with Crippen LogP contribution in [0.4, 0.5) is 0 Å². The van der Waals surface area contributed by atoms with Crippen molar-refractivity contribution in [1.29, 1.82) is 0 Å². The molecule has 2 rings (SSSR count). The Hall–Kier alpha value is -1.56. The molecule has 1 aliphatic heterocycles. The summed E-state index contributed by atoms with van der Waals surface area (Å²) in [6.07, 6.45) is 4.74.